The molecule has 0 aliphatic carbocycles. The van der Waals surface area contributed by atoms with Gasteiger partial charge in [-0.05, 0) is 89.3 Å². The second-order valence-electron chi connectivity index (χ2n) is 13.9. The number of phenols is 1. The van der Waals surface area contributed by atoms with Crippen LogP contribution in [0.3, 0.4) is 0 Å². The minimum absolute atomic E-state index is 0.0720. The first-order valence-corrected chi connectivity index (χ1v) is 16.8. The lowest BCUT2D eigenvalue weighted by molar-refractivity contribution is -0.142. The maximum Gasteiger partial charge on any atom is 0.408 e. The second-order valence-corrected chi connectivity index (χ2v) is 13.9. The number of likely N-dealkylation sites (tertiary alicyclic amines) is 1. The van der Waals surface area contributed by atoms with Gasteiger partial charge in [0.25, 0.3) is 0 Å². The number of carbonyl (C=O) groups is 4. The molecule has 0 saturated carbocycles. The summed E-state index contributed by atoms with van der Waals surface area (Å²) in [6.45, 7) is 9.03. The number of carbonyl (C=O) groups excluding carboxylic acids is 4. The van der Waals surface area contributed by atoms with Crippen LogP contribution in [0.15, 0.2) is 72.9 Å². The van der Waals surface area contributed by atoms with Gasteiger partial charge in [0.1, 0.15) is 29.1 Å². The van der Waals surface area contributed by atoms with Crippen LogP contribution in [0.4, 0.5) is 10.5 Å². The van der Waals surface area contributed by atoms with Crippen molar-refractivity contribution in [2.75, 3.05) is 11.9 Å². The lowest BCUT2D eigenvalue weighted by Gasteiger charge is -2.37. The molecule has 1 aliphatic heterocycles. The van der Waals surface area contributed by atoms with Gasteiger partial charge in [0, 0.05) is 48.6 Å². The number of benzene rings is 3. The lowest BCUT2D eigenvalue weighted by Crippen LogP contribution is -2.57. The summed E-state index contributed by atoms with van der Waals surface area (Å²) in [4.78, 5) is 54.1. The minimum Gasteiger partial charge on any atom is -0.507 e. The first-order chi connectivity index (χ1) is 23.7. The smallest absolute Gasteiger partial charge is 0.408 e. The minimum atomic E-state index is -0.998. The van der Waals surface area contributed by atoms with Gasteiger partial charge in [-0.1, -0.05) is 48.0 Å². The third-order valence-corrected chi connectivity index (χ3v) is 8.58. The van der Waals surface area contributed by atoms with Crippen LogP contribution in [-0.4, -0.2) is 67.7 Å². The van der Waals surface area contributed by atoms with Crippen molar-refractivity contribution in [3.63, 3.8) is 0 Å². The average Bonchev–Trinajstić information content (AvgIpc) is 3.46. The van der Waals surface area contributed by atoms with E-state index < -0.39 is 23.8 Å². The predicted molar refractivity (Wildman–Crippen MR) is 192 cm³/mol. The number of aromatic nitrogens is 2. The van der Waals surface area contributed by atoms with E-state index in [9.17, 15) is 24.3 Å². The van der Waals surface area contributed by atoms with Gasteiger partial charge in [-0.2, -0.15) is 5.10 Å². The number of ketones is 1. The normalized spacial score (nSPS) is 15.2. The third-order valence-electron chi connectivity index (χ3n) is 8.58. The van der Waals surface area contributed by atoms with Crippen LogP contribution in [-0.2, 0) is 27.8 Å². The van der Waals surface area contributed by atoms with Gasteiger partial charge in [0.2, 0.25) is 11.8 Å². The van der Waals surface area contributed by atoms with Crippen molar-refractivity contribution in [3.8, 4) is 28.1 Å². The van der Waals surface area contributed by atoms with E-state index in [0.717, 1.165) is 35.1 Å². The number of phenolic OH excluding ortho intramolecular Hbond substituents is 1. The molecule has 2 atom stereocenters. The highest BCUT2D eigenvalue weighted by atomic mass is 16.6. The van der Waals surface area contributed by atoms with Gasteiger partial charge in [-0.3, -0.25) is 19.1 Å². The zero-order chi connectivity index (χ0) is 36.2. The van der Waals surface area contributed by atoms with Crippen molar-refractivity contribution in [2.24, 2.45) is 7.05 Å². The Morgan fingerprint density at radius 1 is 0.980 bits per heavy atom. The molecule has 5 rings (SSSR count). The van der Waals surface area contributed by atoms with Crippen LogP contribution in [0, 0.1) is 6.92 Å². The summed E-state index contributed by atoms with van der Waals surface area (Å²) in [5, 5.41) is 20.9. The van der Waals surface area contributed by atoms with Crippen molar-refractivity contribution in [1.82, 2.24) is 20.0 Å². The van der Waals surface area contributed by atoms with E-state index in [1.807, 2.05) is 44.4 Å². The van der Waals surface area contributed by atoms with E-state index in [1.54, 1.807) is 72.8 Å². The molecule has 262 valence electrons. The molecule has 1 unspecified atom stereocenters. The molecule has 0 bridgehead atoms. The molecular weight excluding hydrogens is 634 g/mol. The highest BCUT2D eigenvalue weighted by molar-refractivity contribution is 5.99. The monoisotopic (exact) mass is 679 g/mol. The molecule has 0 spiro atoms. The van der Waals surface area contributed by atoms with Crippen LogP contribution in [0.2, 0.25) is 0 Å². The number of amides is 3. The molecule has 2 heterocycles. The molecule has 1 aliphatic rings. The average molecular weight is 680 g/mol. The van der Waals surface area contributed by atoms with Crippen LogP contribution >= 0.6 is 0 Å². The van der Waals surface area contributed by atoms with Crippen LogP contribution in [0.5, 0.6) is 5.75 Å². The van der Waals surface area contributed by atoms with Crippen molar-refractivity contribution >= 4 is 29.4 Å². The summed E-state index contributed by atoms with van der Waals surface area (Å²) in [5.74, 6) is -0.637. The van der Waals surface area contributed by atoms with Crippen molar-refractivity contribution in [1.29, 1.82) is 0 Å². The Bertz CT molecular complexity index is 1870. The molecule has 3 aromatic carbocycles. The quantitative estimate of drug-likeness (QED) is 0.173. The summed E-state index contributed by atoms with van der Waals surface area (Å²) in [5.41, 5.74) is 5.04. The second kappa shape index (κ2) is 15.0. The van der Waals surface area contributed by atoms with Gasteiger partial charge < -0.3 is 25.4 Å². The SMILES string of the molecule is CC(=O)c1ccc(C[C@H](NC(=O)OC(C)(C)C)C(=O)N2CCCCC2C(=O)Nc2ccc(-c3cn(C)nc3-c3cc(C)ccc3O)cc2)cc1. The fourth-order valence-corrected chi connectivity index (χ4v) is 6.13. The number of hydrogen-bond acceptors (Lipinski definition) is 7. The highest BCUT2D eigenvalue weighted by Crippen LogP contribution is 2.36. The summed E-state index contributed by atoms with van der Waals surface area (Å²) in [7, 11) is 1.82. The molecule has 4 aromatic rings. The fraction of sp³-hybridized carbons (Fsp3) is 0.359. The predicted octanol–water partition coefficient (Wildman–Crippen LogP) is 6.43. The van der Waals surface area contributed by atoms with Gasteiger partial charge in [0.15, 0.2) is 5.78 Å². The maximum atomic E-state index is 14.1. The van der Waals surface area contributed by atoms with Gasteiger partial charge in [-0.25, -0.2) is 4.79 Å². The van der Waals surface area contributed by atoms with Crippen LogP contribution in [0.25, 0.3) is 22.4 Å². The Hall–Kier alpha value is -5.45. The highest BCUT2D eigenvalue weighted by Gasteiger charge is 2.37. The molecule has 11 nitrogen and oxygen atoms in total. The molecule has 0 radical (unpaired) electrons. The summed E-state index contributed by atoms with van der Waals surface area (Å²) in [6, 6.07) is 17.9. The van der Waals surface area contributed by atoms with Gasteiger partial charge in [-0.15, -0.1) is 0 Å². The van der Waals surface area contributed by atoms with E-state index in [-0.39, 0.29) is 29.8 Å². The van der Waals surface area contributed by atoms with Crippen molar-refractivity contribution in [2.45, 2.75) is 78.0 Å². The van der Waals surface area contributed by atoms with Gasteiger partial charge in [0.05, 0.1) is 0 Å². The number of rotatable bonds is 9. The van der Waals surface area contributed by atoms with Crippen molar-refractivity contribution in [3.05, 3.63) is 89.6 Å². The Morgan fingerprint density at radius 3 is 2.34 bits per heavy atom. The van der Waals surface area contributed by atoms with E-state index in [4.69, 9.17) is 4.74 Å². The van der Waals surface area contributed by atoms with E-state index in [0.29, 0.717) is 35.5 Å². The molecule has 3 N–H and O–H groups in total. The van der Waals surface area contributed by atoms with Crippen LogP contribution < -0.4 is 10.6 Å². The van der Waals surface area contributed by atoms with Crippen molar-refractivity contribution < 1.29 is 29.0 Å². The zero-order valence-electron chi connectivity index (χ0n) is 29.4. The number of aromatic hydroxyl groups is 1. The Labute approximate surface area is 292 Å². The number of ether oxygens (including phenoxy) is 1. The molecule has 1 saturated heterocycles. The lowest BCUT2D eigenvalue weighted by atomic mass is 9.97. The first-order valence-electron chi connectivity index (χ1n) is 16.8. The van der Waals surface area contributed by atoms with E-state index in [1.165, 1.54) is 6.92 Å². The largest absolute Gasteiger partial charge is 0.507 e. The number of piperidine rings is 1. The summed E-state index contributed by atoms with van der Waals surface area (Å²) in [6.07, 6.45) is 3.27. The maximum absolute atomic E-state index is 14.1. The molecule has 3 amide bonds. The van der Waals surface area contributed by atoms with E-state index >= 15 is 0 Å². The summed E-state index contributed by atoms with van der Waals surface area (Å²) >= 11 is 0. The van der Waals surface area contributed by atoms with E-state index in [2.05, 4.69) is 15.7 Å². The number of aryl methyl sites for hydroxylation is 2. The topological polar surface area (TPSA) is 143 Å². The number of anilines is 1. The number of nitrogens with one attached hydrogen (secondary N) is 2. The first kappa shape index (κ1) is 35.8. The molecule has 50 heavy (non-hydrogen) atoms. The third kappa shape index (κ3) is 8.76. The number of Topliss-reactive ketones (excluding diaryl/α,β-unsaturated/α-hetero) is 1. The zero-order valence-corrected chi connectivity index (χ0v) is 29.4. The molecule has 1 aromatic heterocycles. The van der Waals surface area contributed by atoms with Gasteiger partial charge >= 0.3 is 6.09 Å². The van der Waals surface area contributed by atoms with Crippen LogP contribution in [0.1, 0.15) is 68.4 Å². The number of nitrogens with zero attached hydrogens (tertiary/aromatic N) is 3. The molecular formula is C39H45N5O6. The standard InChI is InChI=1S/C39H45N5O6/c1-24-10-19-34(46)30(21-24)35-31(23-43(6)42-35)28-15-17-29(18-16-28)40-36(47)33-9-7-8-20-44(33)37(48)32(41-38(49)50-39(3,4)5)22-26-11-13-27(14-12-26)25(2)45/h10-19,21,23,32-33,46H,7-9,20,22H2,1-6H3,(H,40,47)(H,41,49)/t32-,33?/m0/s1. The summed E-state index contributed by atoms with van der Waals surface area (Å²) < 4.78 is 7.17. The Kier molecular flexibility index (Phi) is 10.7. The Balaban J connectivity index is 1.34. The Morgan fingerprint density at radius 2 is 1.68 bits per heavy atom. The molecule has 1 fully saturated rings. The number of hydrogen-bond donors (Lipinski definition) is 3. The fourth-order valence-electron chi connectivity index (χ4n) is 6.13. The molecule has 11 heteroatoms. The number of alkyl carbamates (subject to hydrolysis) is 1.